The zero-order valence-electron chi connectivity index (χ0n) is 11.3. The van der Waals surface area contributed by atoms with Gasteiger partial charge in [-0.1, -0.05) is 6.42 Å². The van der Waals surface area contributed by atoms with Crippen LogP contribution in [0.3, 0.4) is 0 Å². The van der Waals surface area contributed by atoms with Crippen molar-refractivity contribution in [2.75, 3.05) is 6.61 Å². The topological polar surface area (TPSA) is 50.9 Å². The number of aryl methyl sites for hydroxylation is 1. The Morgan fingerprint density at radius 3 is 2.65 bits per heavy atom. The molecule has 0 fully saturated rings. The standard InChI is InChI=1S/C14H17F2N3O/c1-19-13(5-3-2-4-8-20)17-18-14(19)11-7-6-10(15)9-12(11)16/h6-7,9,20H,2-5,8H2,1H3. The summed E-state index contributed by atoms with van der Waals surface area (Å²) in [4.78, 5) is 0. The van der Waals surface area contributed by atoms with Crippen LogP contribution in [0.4, 0.5) is 8.78 Å². The third kappa shape index (κ3) is 3.19. The van der Waals surface area contributed by atoms with E-state index in [2.05, 4.69) is 10.2 Å². The normalized spacial score (nSPS) is 11.0. The molecule has 4 nitrogen and oxygen atoms in total. The second kappa shape index (κ2) is 6.56. The Bertz CT molecular complexity index is 584. The molecule has 2 aromatic rings. The third-order valence-electron chi connectivity index (χ3n) is 3.20. The molecule has 20 heavy (non-hydrogen) atoms. The molecule has 0 unspecified atom stereocenters. The van der Waals surface area contributed by atoms with E-state index in [9.17, 15) is 8.78 Å². The molecule has 1 aromatic carbocycles. The highest BCUT2D eigenvalue weighted by molar-refractivity contribution is 5.56. The summed E-state index contributed by atoms with van der Waals surface area (Å²) in [5.74, 6) is -0.119. The van der Waals surface area contributed by atoms with E-state index in [0.29, 0.717) is 12.2 Å². The van der Waals surface area contributed by atoms with Crippen LogP contribution >= 0.6 is 0 Å². The molecule has 0 aliphatic rings. The van der Waals surface area contributed by atoms with Crippen LogP contribution in [0.2, 0.25) is 0 Å². The number of hydrogen-bond donors (Lipinski definition) is 1. The fourth-order valence-corrected chi connectivity index (χ4v) is 2.06. The molecule has 1 N–H and O–H groups in total. The van der Waals surface area contributed by atoms with Crippen molar-refractivity contribution < 1.29 is 13.9 Å². The summed E-state index contributed by atoms with van der Waals surface area (Å²) >= 11 is 0. The molecule has 0 aliphatic carbocycles. The van der Waals surface area contributed by atoms with Crippen molar-refractivity contribution in [3.63, 3.8) is 0 Å². The van der Waals surface area contributed by atoms with E-state index in [1.54, 1.807) is 11.6 Å². The molecular formula is C14H17F2N3O. The molecule has 0 amide bonds. The lowest BCUT2D eigenvalue weighted by molar-refractivity contribution is 0.283. The molecule has 0 saturated carbocycles. The second-order valence-electron chi connectivity index (χ2n) is 4.66. The number of unbranched alkanes of at least 4 members (excludes halogenated alkanes) is 2. The zero-order chi connectivity index (χ0) is 14.5. The predicted octanol–water partition coefficient (Wildman–Crippen LogP) is 2.47. The van der Waals surface area contributed by atoms with Crippen LogP contribution in [-0.4, -0.2) is 26.5 Å². The first-order chi connectivity index (χ1) is 9.63. The Labute approximate surface area is 116 Å². The summed E-state index contributed by atoms with van der Waals surface area (Å²) in [5, 5.41) is 16.7. The van der Waals surface area contributed by atoms with Crippen LogP contribution in [-0.2, 0) is 13.5 Å². The molecule has 0 spiro atoms. The Kier molecular flexibility index (Phi) is 4.79. The lowest BCUT2D eigenvalue weighted by atomic mass is 10.2. The van der Waals surface area contributed by atoms with Gasteiger partial charge in [-0.15, -0.1) is 10.2 Å². The number of aromatic nitrogens is 3. The lowest BCUT2D eigenvalue weighted by Gasteiger charge is -2.05. The molecule has 2 rings (SSSR count). The number of benzene rings is 1. The number of aliphatic hydroxyl groups is 1. The SMILES string of the molecule is Cn1c(CCCCCO)nnc1-c1ccc(F)cc1F. The van der Waals surface area contributed by atoms with E-state index in [0.717, 1.165) is 31.2 Å². The number of rotatable bonds is 6. The highest BCUT2D eigenvalue weighted by atomic mass is 19.1. The first-order valence-corrected chi connectivity index (χ1v) is 6.58. The molecule has 0 bridgehead atoms. The van der Waals surface area contributed by atoms with Crippen molar-refractivity contribution >= 4 is 0 Å². The summed E-state index contributed by atoms with van der Waals surface area (Å²) in [6, 6.07) is 3.41. The minimum Gasteiger partial charge on any atom is -0.396 e. The van der Waals surface area contributed by atoms with Gasteiger partial charge in [0.05, 0.1) is 5.56 Å². The van der Waals surface area contributed by atoms with Gasteiger partial charge in [-0.2, -0.15) is 0 Å². The Morgan fingerprint density at radius 2 is 1.95 bits per heavy atom. The average molecular weight is 281 g/mol. The predicted molar refractivity (Wildman–Crippen MR) is 71.0 cm³/mol. The average Bonchev–Trinajstić information content (AvgIpc) is 2.77. The van der Waals surface area contributed by atoms with Crippen molar-refractivity contribution in [2.24, 2.45) is 7.05 Å². The third-order valence-corrected chi connectivity index (χ3v) is 3.20. The summed E-state index contributed by atoms with van der Waals surface area (Å²) in [6.45, 7) is 0.185. The first kappa shape index (κ1) is 14.6. The van der Waals surface area contributed by atoms with Crippen LogP contribution in [0.15, 0.2) is 18.2 Å². The summed E-state index contributed by atoms with van der Waals surface area (Å²) in [6.07, 6.45) is 3.27. The molecule has 0 atom stereocenters. The van der Waals surface area contributed by atoms with E-state index >= 15 is 0 Å². The maximum Gasteiger partial charge on any atom is 0.166 e. The largest absolute Gasteiger partial charge is 0.396 e. The fourth-order valence-electron chi connectivity index (χ4n) is 2.06. The van der Waals surface area contributed by atoms with E-state index in [1.807, 2.05) is 0 Å². The van der Waals surface area contributed by atoms with Crippen LogP contribution in [0, 0.1) is 11.6 Å². The van der Waals surface area contributed by atoms with E-state index in [4.69, 9.17) is 5.11 Å². The van der Waals surface area contributed by atoms with Crippen molar-refractivity contribution in [3.8, 4) is 11.4 Å². The second-order valence-corrected chi connectivity index (χ2v) is 4.66. The van der Waals surface area contributed by atoms with Crippen LogP contribution in [0.25, 0.3) is 11.4 Å². The van der Waals surface area contributed by atoms with E-state index in [1.165, 1.54) is 12.1 Å². The highest BCUT2D eigenvalue weighted by Gasteiger charge is 2.14. The van der Waals surface area contributed by atoms with Crippen LogP contribution in [0.1, 0.15) is 25.1 Å². The summed E-state index contributed by atoms with van der Waals surface area (Å²) in [5.41, 5.74) is 0.239. The van der Waals surface area contributed by atoms with E-state index in [-0.39, 0.29) is 12.2 Å². The molecule has 6 heteroatoms. The maximum atomic E-state index is 13.7. The van der Waals surface area contributed by atoms with E-state index < -0.39 is 11.6 Å². The van der Waals surface area contributed by atoms with Crippen molar-refractivity contribution in [3.05, 3.63) is 35.7 Å². The quantitative estimate of drug-likeness (QED) is 0.828. The van der Waals surface area contributed by atoms with Gasteiger partial charge < -0.3 is 9.67 Å². The fraction of sp³-hybridized carbons (Fsp3) is 0.429. The first-order valence-electron chi connectivity index (χ1n) is 6.58. The van der Waals surface area contributed by atoms with Gasteiger partial charge in [-0.25, -0.2) is 8.78 Å². The molecule has 0 saturated heterocycles. The molecule has 0 radical (unpaired) electrons. The van der Waals surface area contributed by atoms with Crippen molar-refractivity contribution in [1.29, 1.82) is 0 Å². The van der Waals surface area contributed by atoms with Gasteiger partial charge in [0.25, 0.3) is 0 Å². The smallest absolute Gasteiger partial charge is 0.166 e. The number of aliphatic hydroxyl groups excluding tert-OH is 1. The Morgan fingerprint density at radius 1 is 1.15 bits per heavy atom. The van der Waals surface area contributed by atoms with Crippen molar-refractivity contribution in [2.45, 2.75) is 25.7 Å². The van der Waals surface area contributed by atoms with Crippen LogP contribution in [0.5, 0.6) is 0 Å². The lowest BCUT2D eigenvalue weighted by Crippen LogP contribution is -2.01. The number of halogens is 2. The van der Waals surface area contributed by atoms with Crippen molar-refractivity contribution in [1.82, 2.24) is 14.8 Å². The van der Waals surface area contributed by atoms with Gasteiger partial charge in [0.2, 0.25) is 0 Å². The van der Waals surface area contributed by atoms with Gasteiger partial charge in [0, 0.05) is 26.1 Å². The minimum atomic E-state index is -0.646. The molecule has 1 aromatic heterocycles. The minimum absolute atomic E-state index is 0.185. The van der Waals surface area contributed by atoms with Gasteiger partial charge >= 0.3 is 0 Å². The molecular weight excluding hydrogens is 264 g/mol. The number of nitrogens with zero attached hydrogens (tertiary/aromatic N) is 3. The Balaban J connectivity index is 2.15. The molecule has 108 valence electrons. The van der Waals surface area contributed by atoms with Gasteiger partial charge in [-0.3, -0.25) is 0 Å². The number of hydrogen-bond acceptors (Lipinski definition) is 3. The summed E-state index contributed by atoms with van der Waals surface area (Å²) in [7, 11) is 1.76. The summed E-state index contributed by atoms with van der Waals surface area (Å²) < 4.78 is 28.4. The van der Waals surface area contributed by atoms with Gasteiger partial charge in [0.15, 0.2) is 5.82 Å². The monoisotopic (exact) mass is 281 g/mol. The van der Waals surface area contributed by atoms with Gasteiger partial charge in [-0.05, 0) is 25.0 Å². The highest BCUT2D eigenvalue weighted by Crippen LogP contribution is 2.22. The molecule has 1 heterocycles. The molecule has 0 aliphatic heterocycles. The van der Waals surface area contributed by atoms with Gasteiger partial charge in [0.1, 0.15) is 17.5 Å². The van der Waals surface area contributed by atoms with Crippen LogP contribution < -0.4 is 0 Å². The zero-order valence-corrected chi connectivity index (χ0v) is 11.3. The maximum absolute atomic E-state index is 13.7. The Hall–Kier alpha value is -1.82.